The molecule has 0 spiro atoms. The Morgan fingerprint density at radius 3 is 2.77 bits per heavy atom. The summed E-state index contributed by atoms with van der Waals surface area (Å²) in [6, 6.07) is 0.216. The topological polar surface area (TPSA) is 55.4 Å². The molecule has 0 aromatic rings. The van der Waals surface area contributed by atoms with Gasteiger partial charge in [-0.3, -0.25) is 9.59 Å². The number of hydrogen-bond acceptors (Lipinski definition) is 4. The van der Waals surface area contributed by atoms with Gasteiger partial charge in [-0.15, -0.1) is 6.58 Å². The zero-order valence-corrected chi connectivity index (χ0v) is 14.1. The third kappa shape index (κ3) is 3.60. The Kier molecular flexibility index (Phi) is 5.10. The standard InChI is InChI=1S/C18H29NO3/c1-5-7-9-17(3,4)15(20)8-10-18-11-13(16(21)22-6-2)19-14(18)12-18/h5,13-14,19H,1,6-12H2,2-4H3/t13-,14+,18-/m0/s1. The average Bonchev–Trinajstić information content (AvgIpc) is 3.03. The normalized spacial score (nSPS) is 29.8. The minimum atomic E-state index is -0.276. The Morgan fingerprint density at radius 2 is 2.14 bits per heavy atom. The van der Waals surface area contributed by atoms with Crippen LogP contribution in [0, 0.1) is 10.8 Å². The summed E-state index contributed by atoms with van der Waals surface area (Å²) in [7, 11) is 0. The first-order chi connectivity index (χ1) is 10.3. The van der Waals surface area contributed by atoms with Gasteiger partial charge in [-0.05, 0) is 44.4 Å². The zero-order valence-electron chi connectivity index (χ0n) is 14.1. The van der Waals surface area contributed by atoms with E-state index in [2.05, 4.69) is 11.9 Å². The monoisotopic (exact) mass is 307 g/mol. The van der Waals surface area contributed by atoms with E-state index in [1.165, 1.54) is 0 Å². The lowest BCUT2D eigenvalue weighted by Gasteiger charge is -2.23. The van der Waals surface area contributed by atoms with E-state index < -0.39 is 0 Å². The van der Waals surface area contributed by atoms with Crippen LogP contribution in [0.5, 0.6) is 0 Å². The average molecular weight is 307 g/mol. The highest BCUT2D eigenvalue weighted by atomic mass is 16.5. The molecular weight excluding hydrogens is 278 g/mol. The number of esters is 1. The smallest absolute Gasteiger partial charge is 0.323 e. The number of Topliss-reactive ketones (excluding diaryl/α,β-unsaturated/α-hetero) is 1. The number of hydrogen-bond donors (Lipinski definition) is 1. The third-order valence-corrected chi connectivity index (χ3v) is 5.35. The number of carbonyl (C=O) groups is 2. The molecular formula is C18H29NO3. The molecule has 4 nitrogen and oxygen atoms in total. The molecule has 0 bridgehead atoms. The van der Waals surface area contributed by atoms with Crippen molar-refractivity contribution < 1.29 is 14.3 Å². The first-order valence-electron chi connectivity index (χ1n) is 8.41. The maximum Gasteiger partial charge on any atom is 0.323 e. The second-order valence-corrected chi connectivity index (χ2v) is 7.43. The van der Waals surface area contributed by atoms with Crippen LogP contribution in [0.25, 0.3) is 0 Å². The second-order valence-electron chi connectivity index (χ2n) is 7.43. The summed E-state index contributed by atoms with van der Waals surface area (Å²) >= 11 is 0. The van der Waals surface area contributed by atoms with E-state index in [0.717, 1.165) is 32.1 Å². The van der Waals surface area contributed by atoms with Gasteiger partial charge in [-0.1, -0.05) is 19.9 Å². The fourth-order valence-corrected chi connectivity index (χ4v) is 3.59. The maximum atomic E-state index is 12.5. The van der Waals surface area contributed by atoms with Gasteiger partial charge in [0.15, 0.2) is 0 Å². The number of nitrogens with one attached hydrogen (secondary N) is 1. The summed E-state index contributed by atoms with van der Waals surface area (Å²) in [4.78, 5) is 24.3. The molecule has 0 aromatic carbocycles. The van der Waals surface area contributed by atoms with Crippen molar-refractivity contribution in [2.45, 2.75) is 71.4 Å². The summed E-state index contributed by atoms with van der Waals surface area (Å²) in [6.45, 7) is 10.0. The second kappa shape index (κ2) is 6.53. The molecule has 4 heteroatoms. The predicted octanol–water partition coefficient (Wildman–Crippen LogP) is 3.01. The molecule has 1 aliphatic carbocycles. The van der Waals surface area contributed by atoms with E-state index >= 15 is 0 Å². The molecule has 1 saturated heterocycles. The molecule has 2 aliphatic rings. The van der Waals surface area contributed by atoms with Crippen molar-refractivity contribution in [3.63, 3.8) is 0 Å². The van der Waals surface area contributed by atoms with Crippen LogP contribution in [0.15, 0.2) is 12.7 Å². The molecule has 1 heterocycles. The van der Waals surface area contributed by atoms with Crippen molar-refractivity contribution in [1.29, 1.82) is 0 Å². The van der Waals surface area contributed by atoms with Crippen molar-refractivity contribution >= 4 is 11.8 Å². The van der Waals surface area contributed by atoms with E-state index in [-0.39, 0.29) is 22.8 Å². The molecule has 2 rings (SSSR count). The first-order valence-corrected chi connectivity index (χ1v) is 8.41. The molecule has 0 radical (unpaired) electrons. The Hall–Kier alpha value is -1.16. The number of piperidine rings is 1. The zero-order chi connectivity index (χ0) is 16.4. The Morgan fingerprint density at radius 1 is 1.41 bits per heavy atom. The van der Waals surface area contributed by atoms with Gasteiger partial charge in [-0.25, -0.2) is 0 Å². The minimum Gasteiger partial charge on any atom is -0.465 e. The van der Waals surface area contributed by atoms with E-state index in [1.54, 1.807) is 0 Å². The maximum absolute atomic E-state index is 12.5. The highest BCUT2D eigenvalue weighted by Crippen LogP contribution is 2.58. The summed E-state index contributed by atoms with van der Waals surface area (Å²) in [5.41, 5.74) is -0.122. The van der Waals surface area contributed by atoms with Gasteiger partial charge < -0.3 is 10.1 Å². The van der Waals surface area contributed by atoms with E-state index in [9.17, 15) is 9.59 Å². The molecule has 2 fully saturated rings. The molecule has 1 N–H and O–H groups in total. The molecule has 1 saturated carbocycles. The van der Waals surface area contributed by atoms with Gasteiger partial charge in [0.05, 0.1) is 6.61 Å². The summed E-state index contributed by atoms with van der Waals surface area (Å²) < 4.78 is 5.09. The van der Waals surface area contributed by atoms with Crippen LogP contribution in [-0.2, 0) is 14.3 Å². The van der Waals surface area contributed by atoms with Crippen LogP contribution in [0.2, 0.25) is 0 Å². The lowest BCUT2D eigenvalue weighted by atomic mass is 9.79. The van der Waals surface area contributed by atoms with Crippen molar-refractivity contribution in [2.75, 3.05) is 6.61 Å². The van der Waals surface area contributed by atoms with Crippen molar-refractivity contribution in [2.24, 2.45) is 10.8 Å². The van der Waals surface area contributed by atoms with E-state index in [4.69, 9.17) is 4.74 Å². The number of fused-ring (bicyclic) bond motifs is 1. The molecule has 1 aliphatic heterocycles. The lowest BCUT2D eigenvalue weighted by molar-refractivity contribution is -0.145. The van der Waals surface area contributed by atoms with E-state index in [0.29, 0.717) is 24.9 Å². The highest BCUT2D eigenvalue weighted by Gasteiger charge is 2.61. The SMILES string of the molecule is C=CCCC(C)(C)C(=O)CC[C@@]12C[C@@H](C(=O)OCC)N[C@@H]1C2. The third-order valence-electron chi connectivity index (χ3n) is 5.35. The van der Waals surface area contributed by atoms with Crippen LogP contribution in [-0.4, -0.2) is 30.4 Å². The Bertz CT molecular complexity index is 457. The largest absolute Gasteiger partial charge is 0.465 e. The summed E-state index contributed by atoms with van der Waals surface area (Å²) in [5, 5.41) is 3.35. The molecule has 124 valence electrons. The Labute approximate surface area is 133 Å². The number of ether oxygens (including phenoxy) is 1. The summed E-state index contributed by atoms with van der Waals surface area (Å²) in [6.07, 6.45) is 7.00. The highest BCUT2D eigenvalue weighted by molar-refractivity contribution is 5.84. The predicted molar refractivity (Wildman–Crippen MR) is 86.5 cm³/mol. The van der Waals surface area contributed by atoms with Crippen LogP contribution in [0.3, 0.4) is 0 Å². The van der Waals surface area contributed by atoms with Gasteiger partial charge in [0.1, 0.15) is 11.8 Å². The Balaban J connectivity index is 1.82. The van der Waals surface area contributed by atoms with Crippen LogP contribution in [0.1, 0.15) is 59.3 Å². The fraction of sp³-hybridized carbons (Fsp3) is 0.778. The van der Waals surface area contributed by atoms with Gasteiger partial charge in [0.2, 0.25) is 0 Å². The van der Waals surface area contributed by atoms with Crippen LogP contribution in [0.4, 0.5) is 0 Å². The molecule has 0 aromatic heterocycles. The quantitative estimate of drug-likeness (QED) is 0.525. The first kappa shape index (κ1) is 17.2. The number of rotatable bonds is 9. The van der Waals surface area contributed by atoms with Crippen LogP contribution >= 0.6 is 0 Å². The molecule has 0 unspecified atom stereocenters. The number of allylic oxidation sites excluding steroid dienone is 1. The van der Waals surface area contributed by atoms with Gasteiger partial charge in [0.25, 0.3) is 0 Å². The minimum absolute atomic E-state index is 0.147. The number of ketones is 1. The van der Waals surface area contributed by atoms with Crippen molar-refractivity contribution in [1.82, 2.24) is 5.32 Å². The van der Waals surface area contributed by atoms with Crippen molar-refractivity contribution in [3.8, 4) is 0 Å². The number of carbonyl (C=O) groups excluding carboxylic acids is 2. The van der Waals surface area contributed by atoms with Crippen LogP contribution < -0.4 is 5.32 Å². The van der Waals surface area contributed by atoms with E-state index in [1.807, 2.05) is 26.8 Å². The van der Waals surface area contributed by atoms with Gasteiger partial charge in [-0.2, -0.15) is 0 Å². The molecule has 3 atom stereocenters. The lowest BCUT2D eigenvalue weighted by Crippen LogP contribution is -2.35. The molecule has 22 heavy (non-hydrogen) atoms. The molecule has 0 amide bonds. The summed E-state index contributed by atoms with van der Waals surface area (Å²) in [5.74, 6) is 0.181. The fourth-order valence-electron chi connectivity index (χ4n) is 3.59. The van der Waals surface area contributed by atoms with Gasteiger partial charge in [0, 0.05) is 17.9 Å². The van der Waals surface area contributed by atoms with Gasteiger partial charge >= 0.3 is 5.97 Å². The van der Waals surface area contributed by atoms with Crippen molar-refractivity contribution in [3.05, 3.63) is 12.7 Å².